The molecule has 1 aliphatic heterocycles. The molecule has 0 amide bonds. The van der Waals surface area contributed by atoms with E-state index in [4.69, 9.17) is 13.9 Å². The van der Waals surface area contributed by atoms with E-state index in [1.54, 1.807) is 13.3 Å². The summed E-state index contributed by atoms with van der Waals surface area (Å²) in [4.78, 5) is 8.97. The van der Waals surface area contributed by atoms with Gasteiger partial charge in [-0.2, -0.15) is 0 Å². The summed E-state index contributed by atoms with van der Waals surface area (Å²) in [5, 5.41) is 3.36. The highest BCUT2D eigenvalue weighted by Gasteiger charge is 2.20. The fraction of sp³-hybridized carbons (Fsp3) is 0.368. The highest BCUT2D eigenvalue weighted by Crippen LogP contribution is 2.29. The Morgan fingerprint density at radius 1 is 1.16 bits per heavy atom. The SMILES string of the molecule is COc1ccc(COc2ccc3oc(C4CCNCC4)nc3c2)nc1. The van der Waals surface area contributed by atoms with Gasteiger partial charge >= 0.3 is 0 Å². The molecule has 6 heteroatoms. The highest BCUT2D eigenvalue weighted by molar-refractivity contribution is 5.74. The monoisotopic (exact) mass is 339 g/mol. The molecule has 0 saturated carbocycles. The van der Waals surface area contributed by atoms with Gasteiger partial charge in [0.15, 0.2) is 11.5 Å². The van der Waals surface area contributed by atoms with Gasteiger partial charge in [0.1, 0.15) is 23.6 Å². The first-order chi connectivity index (χ1) is 12.3. The summed E-state index contributed by atoms with van der Waals surface area (Å²) in [6, 6.07) is 9.51. The van der Waals surface area contributed by atoms with Gasteiger partial charge in [-0.1, -0.05) is 0 Å². The number of ether oxygens (including phenoxy) is 2. The summed E-state index contributed by atoms with van der Waals surface area (Å²) < 4.78 is 16.9. The van der Waals surface area contributed by atoms with Crippen LogP contribution >= 0.6 is 0 Å². The number of nitrogens with zero attached hydrogens (tertiary/aromatic N) is 2. The molecule has 1 saturated heterocycles. The quantitative estimate of drug-likeness (QED) is 0.769. The van der Waals surface area contributed by atoms with E-state index >= 15 is 0 Å². The Morgan fingerprint density at radius 2 is 2.00 bits per heavy atom. The molecule has 4 rings (SSSR count). The van der Waals surface area contributed by atoms with Crippen LogP contribution in [0.5, 0.6) is 11.5 Å². The van der Waals surface area contributed by atoms with Crippen LogP contribution in [0.15, 0.2) is 40.9 Å². The van der Waals surface area contributed by atoms with E-state index in [0.717, 1.165) is 60.1 Å². The Balaban J connectivity index is 1.46. The molecule has 0 spiro atoms. The van der Waals surface area contributed by atoms with Gasteiger partial charge in [0.05, 0.1) is 19.0 Å². The minimum atomic E-state index is 0.397. The Kier molecular flexibility index (Phi) is 4.52. The average molecular weight is 339 g/mol. The van der Waals surface area contributed by atoms with Crippen molar-refractivity contribution < 1.29 is 13.9 Å². The van der Waals surface area contributed by atoms with E-state index in [-0.39, 0.29) is 0 Å². The number of rotatable bonds is 5. The van der Waals surface area contributed by atoms with Gasteiger partial charge in [-0.05, 0) is 50.2 Å². The second kappa shape index (κ2) is 7.11. The zero-order chi connectivity index (χ0) is 17.1. The Morgan fingerprint density at radius 3 is 2.76 bits per heavy atom. The first-order valence-corrected chi connectivity index (χ1v) is 8.55. The summed E-state index contributed by atoms with van der Waals surface area (Å²) in [5.41, 5.74) is 2.49. The van der Waals surface area contributed by atoms with E-state index < -0.39 is 0 Å². The molecular weight excluding hydrogens is 318 g/mol. The maximum Gasteiger partial charge on any atom is 0.198 e. The minimum Gasteiger partial charge on any atom is -0.495 e. The van der Waals surface area contributed by atoms with Crippen molar-refractivity contribution in [2.45, 2.75) is 25.4 Å². The average Bonchev–Trinajstić information content (AvgIpc) is 3.11. The van der Waals surface area contributed by atoms with Crippen molar-refractivity contribution >= 4 is 11.1 Å². The van der Waals surface area contributed by atoms with Gasteiger partial charge in [-0.3, -0.25) is 4.98 Å². The van der Waals surface area contributed by atoms with Crippen molar-refractivity contribution in [3.8, 4) is 11.5 Å². The molecule has 0 atom stereocenters. The zero-order valence-corrected chi connectivity index (χ0v) is 14.2. The standard InChI is InChI=1S/C19H21N3O3/c1-23-16-3-2-14(21-11-16)12-24-15-4-5-18-17(10-15)22-19(25-18)13-6-8-20-9-7-13/h2-5,10-11,13,20H,6-9,12H2,1H3. The number of nitrogens with one attached hydrogen (secondary N) is 1. The number of hydrogen-bond donors (Lipinski definition) is 1. The molecular formula is C19H21N3O3. The predicted octanol–water partition coefficient (Wildman–Crippen LogP) is 3.28. The van der Waals surface area contributed by atoms with Gasteiger partial charge in [0, 0.05) is 12.0 Å². The number of benzene rings is 1. The maximum atomic E-state index is 5.93. The lowest BCUT2D eigenvalue weighted by Crippen LogP contribution is -2.26. The predicted molar refractivity (Wildman–Crippen MR) is 94.0 cm³/mol. The van der Waals surface area contributed by atoms with E-state index in [1.165, 1.54) is 0 Å². The highest BCUT2D eigenvalue weighted by atomic mass is 16.5. The molecule has 3 aromatic rings. The summed E-state index contributed by atoms with van der Waals surface area (Å²) in [5.74, 6) is 2.74. The lowest BCUT2D eigenvalue weighted by molar-refractivity contribution is 0.301. The Hall–Kier alpha value is -2.60. The zero-order valence-electron chi connectivity index (χ0n) is 14.2. The summed E-state index contributed by atoms with van der Waals surface area (Å²) in [6.45, 7) is 2.44. The number of aromatic nitrogens is 2. The second-order valence-electron chi connectivity index (χ2n) is 6.18. The summed E-state index contributed by atoms with van der Waals surface area (Å²) >= 11 is 0. The number of hydrogen-bond acceptors (Lipinski definition) is 6. The number of piperidine rings is 1. The van der Waals surface area contributed by atoms with Crippen molar-refractivity contribution in [1.29, 1.82) is 0 Å². The summed E-state index contributed by atoms with van der Waals surface area (Å²) in [7, 11) is 1.62. The molecule has 1 N–H and O–H groups in total. The third-order valence-corrected chi connectivity index (χ3v) is 4.48. The summed E-state index contributed by atoms with van der Waals surface area (Å²) in [6.07, 6.45) is 3.82. The number of pyridine rings is 1. The van der Waals surface area contributed by atoms with Crippen LogP contribution in [-0.4, -0.2) is 30.2 Å². The lowest BCUT2D eigenvalue weighted by Gasteiger charge is -2.19. The van der Waals surface area contributed by atoms with Crippen LogP contribution in [-0.2, 0) is 6.61 Å². The normalized spacial score (nSPS) is 15.4. The first-order valence-electron chi connectivity index (χ1n) is 8.55. The van der Waals surface area contributed by atoms with Crippen molar-refractivity contribution in [1.82, 2.24) is 15.3 Å². The number of fused-ring (bicyclic) bond motifs is 1. The fourth-order valence-electron chi connectivity index (χ4n) is 3.03. The van der Waals surface area contributed by atoms with E-state index in [9.17, 15) is 0 Å². The van der Waals surface area contributed by atoms with Crippen LogP contribution in [0.1, 0.15) is 30.3 Å². The third-order valence-electron chi connectivity index (χ3n) is 4.48. The van der Waals surface area contributed by atoms with Gasteiger partial charge in [0.2, 0.25) is 0 Å². The minimum absolute atomic E-state index is 0.397. The van der Waals surface area contributed by atoms with Gasteiger partial charge in [-0.25, -0.2) is 4.98 Å². The topological polar surface area (TPSA) is 69.4 Å². The molecule has 0 radical (unpaired) electrons. The molecule has 1 aromatic carbocycles. The van der Waals surface area contributed by atoms with Crippen LogP contribution in [0.3, 0.4) is 0 Å². The molecule has 0 bridgehead atoms. The van der Waals surface area contributed by atoms with Crippen LogP contribution in [0.2, 0.25) is 0 Å². The molecule has 3 heterocycles. The van der Waals surface area contributed by atoms with Crippen LogP contribution < -0.4 is 14.8 Å². The second-order valence-corrected chi connectivity index (χ2v) is 6.18. The first kappa shape index (κ1) is 15.9. The molecule has 2 aromatic heterocycles. The molecule has 130 valence electrons. The van der Waals surface area contributed by atoms with Crippen LogP contribution in [0, 0.1) is 0 Å². The largest absolute Gasteiger partial charge is 0.495 e. The van der Waals surface area contributed by atoms with Gasteiger partial charge in [0.25, 0.3) is 0 Å². The van der Waals surface area contributed by atoms with Gasteiger partial charge in [-0.15, -0.1) is 0 Å². The van der Waals surface area contributed by atoms with E-state index in [1.807, 2.05) is 30.3 Å². The molecule has 0 unspecified atom stereocenters. The van der Waals surface area contributed by atoms with Crippen molar-refractivity contribution in [3.63, 3.8) is 0 Å². The van der Waals surface area contributed by atoms with Crippen molar-refractivity contribution in [2.24, 2.45) is 0 Å². The Bertz CT molecular complexity index is 839. The van der Waals surface area contributed by atoms with E-state index in [0.29, 0.717) is 12.5 Å². The molecule has 0 aliphatic carbocycles. The number of oxazole rings is 1. The molecule has 25 heavy (non-hydrogen) atoms. The molecule has 1 aliphatic rings. The number of methoxy groups -OCH3 is 1. The van der Waals surface area contributed by atoms with Crippen LogP contribution in [0.4, 0.5) is 0 Å². The van der Waals surface area contributed by atoms with Crippen molar-refractivity contribution in [2.75, 3.05) is 20.2 Å². The van der Waals surface area contributed by atoms with E-state index in [2.05, 4.69) is 15.3 Å². The molecule has 6 nitrogen and oxygen atoms in total. The third kappa shape index (κ3) is 3.58. The smallest absolute Gasteiger partial charge is 0.198 e. The van der Waals surface area contributed by atoms with Crippen LogP contribution in [0.25, 0.3) is 11.1 Å². The molecule has 1 fully saturated rings. The van der Waals surface area contributed by atoms with Gasteiger partial charge < -0.3 is 19.2 Å². The Labute approximate surface area is 146 Å². The van der Waals surface area contributed by atoms with Crippen molar-refractivity contribution in [3.05, 3.63) is 48.1 Å². The maximum absolute atomic E-state index is 5.93. The lowest BCUT2D eigenvalue weighted by atomic mass is 9.98. The fourth-order valence-corrected chi connectivity index (χ4v) is 3.03.